The van der Waals surface area contributed by atoms with Crippen molar-refractivity contribution in [3.05, 3.63) is 23.9 Å². The second kappa shape index (κ2) is 3.27. The number of nitrogens with zero attached hydrogens (tertiary/aromatic N) is 2. The number of hydrogen-bond acceptors (Lipinski definition) is 3. The smallest absolute Gasteiger partial charge is 0.338 e. The van der Waals surface area contributed by atoms with E-state index >= 15 is 0 Å². The molecule has 0 atom stereocenters. The monoisotopic (exact) mass is 206 g/mol. The number of fused-ring (bicyclic) bond motifs is 1. The molecule has 78 valence electrons. The minimum Gasteiger partial charge on any atom is -0.497 e. The lowest BCUT2D eigenvalue weighted by atomic mass is 10.1. The van der Waals surface area contributed by atoms with Crippen molar-refractivity contribution in [2.75, 3.05) is 7.11 Å². The van der Waals surface area contributed by atoms with Crippen molar-refractivity contribution in [3.8, 4) is 5.75 Å². The summed E-state index contributed by atoms with van der Waals surface area (Å²) in [5, 5.41) is 13.8. The van der Waals surface area contributed by atoms with Gasteiger partial charge in [0.2, 0.25) is 0 Å². The first kappa shape index (κ1) is 9.51. The second-order valence-corrected chi connectivity index (χ2v) is 3.19. The molecule has 0 saturated heterocycles. The molecule has 0 fully saturated rings. The maximum absolute atomic E-state index is 11.0. The summed E-state index contributed by atoms with van der Waals surface area (Å²) in [6.07, 6.45) is 1.62. The van der Waals surface area contributed by atoms with Gasteiger partial charge in [0.15, 0.2) is 0 Å². The van der Waals surface area contributed by atoms with Crippen LogP contribution < -0.4 is 4.74 Å². The highest BCUT2D eigenvalue weighted by molar-refractivity contribution is 6.02. The highest BCUT2D eigenvalue weighted by Gasteiger charge is 2.14. The van der Waals surface area contributed by atoms with Gasteiger partial charge in [0.25, 0.3) is 0 Å². The zero-order chi connectivity index (χ0) is 11.0. The summed E-state index contributed by atoms with van der Waals surface area (Å²) in [7, 11) is 3.21. The Hall–Kier alpha value is -2.04. The fourth-order valence-corrected chi connectivity index (χ4v) is 1.58. The topological polar surface area (TPSA) is 64.3 Å². The molecule has 0 aliphatic carbocycles. The second-order valence-electron chi connectivity index (χ2n) is 3.19. The number of hydrogen-bond donors (Lipinski definition) is 1. The maximum atomic E-state index is 11.0. The predicted molar refractivity (Wildman–Crippen MR) is 54.2 cm³/mol. The van der Waals surface area contributed by atoms with E-state index in [0.717, 1.165) is 5.39 Å². The van der Waals surface area contributed by atoms with Crippen LogP contribution in [0, 0.1) is 0 Å². The highest BCUT2D eigenvalue weighted by atomic mass is 16.5. The number of rotatable bonds is 2. The number of carbonyl (C=O) groups is 1. The largest absolute Gasteiger partial charge is 0.497 e. The van der Waals surface area contributed by atoms with Gasteiger partial charge in [-0.05, 0) is 12.1 Å². The van der Waals surface area contributed by atoms with Crippen molar-refractivity contribution < 1.29 is 14.6 Å². The normalized spacial score (nSPS) is 10.5. The summed E-state index contributed by atoms with van der Waals surface area (Å²) >= 11 is 0. The fraction of sp³-hybridized carbons (Fsp3) is 0.200. The number of aromatic carboxylic acids is 1. The average Bonchev–Trinajstić information content (AvgIpc) is 2.59. The van der Waals surface area contributed by atoms with E-state index in [1.54, 1.807) is 19.3 Å². The zero-order valence-electron chi connectivity index (χ0n) is 8.39. The first-order valence-corrected chi connectivity index (χ1v) is 4.36. The third kappa shape index (κ3) is 1.41. The van der Waals surface area contributed by atoms with E-state index < -0.39 is 5.97 Å². The van der Waals surface area contributed by atoms with E-state index in [1.165, 1.54) is 17.9 Å². The van der Waals surface area contributed by atoms with Crippen molar-refractivity contribution in [1.29, 1.82) is 0 Å². The lowest BCUT2D eigenvalue weighted by Gasteiger charge is -2.04. The number of aromatic nitrogens is 2. The number of benzene rings is 1. The van der Waals surface area contributed by atoms with Gasteiger partial charge < -0.3 is 9.84 Å². The first-order valence-electron chi connectivity index (χ1n) is 4.36. The maximum Gasteiger partial charge on any atom is 0.338 e. The summed E-state index contributed by atoms with van der Waals surface area (Å²) < 4.78 is 6.56. The van der Waals surface area contributed by atoms with Crippen molar-refractivity contribution in [2.45, 2.75) is 0 Å². The Bertz CT molecular complexity index is 531. The van der Waals surface area contributed by atoms with Crippen LogP contribution in [0.2, 0.25) is 0 Å². The van der Waals surface area contributed by atoms with Crippen LogP contribution in [0.15, 0.2) is 18.3 Å². The Balaban J connectivity index is 2.83. The zero-order valence-corrected chi connectivity index (χ0v) is 8.39. The first-order chi connectivity index (χ1) is 7.13. The minimum atomic E-state index is -0.984. The van der Waals surface area contributed by atoms with Gasteiger partial charge in [-0.2, -0.15) is 5.10 Å². The van der Waals surface area contributed by atoms with Gasteiger partial charge in [-0.15, -0.1) is 0 Å². The van der Waals surface area contributed by atoms with E-state index in [2.05, 4.69) is 5.10 Å². The van der Waals surface area contributed by atoms with E-state index in [9.17, 15) is 4.79 Å². The Kier molecular flexibility index (Phi) is 2.07. The predicted octanol–water partition coefficient (Wildman–Crippen LogP) is 1.28. The third-order valence-corrected chi connectivity index (χ3v) is 2.27. The Morgan fingerprint density at radius 1 is 1.53 bits per heavy atom. The molecule has 0 spiro atoms. The SMILES string of the molecule is COc1cc(C(=O)O)c2c(cnn2C)c1. The summed E-state index contributed by atoms with van der Waals surface area (Å²) in [5.41, 5.74) is 0.799. The van der Waals surface area contributed by atoms with Gasteiger partial charge in [-0.25, -0.2) is 4.79 Å². The molecule has 1 N–H and O–H groups in total. The molecule has 0 aliphatic rings. The molecule has 1 aromatic heterocycles. The number of methoxy groups -OCH3 is 1. The average molecular weight is 206 g/mol. The van der Waals surface area contributed by atoms with E-state index in [-0.39, 0.29) is 5.56 Å². The Morgan fingerprint density at radius 3 is 2.87 bits per heavy atom. The minimum absolute atomic E-state index is 0.198. The number of carboxylic acids is 1. The van der Waals surface area contributed by atoms with Gasteiger partial charge in [-0.3, -0.25) is 4.68 Å². The Labute approximate surface area is 85.9 Å². The van der Waals surface area contributed by atoms with Crippen LogP contribution in [-0.2, 0) is 7.05 Å². The molecule has 5 nitrogen and oxygen atoms in total. The van der Waals surface area contributed by atoms with Crippen LogP contribution >= 0.6 is 0 Å². The molecule has 0 unspecified atom stereocenters. The summed E-state index contributed by atoms with van der Waals surface area (Å²) in [4.78, 5) is 11.0. The van der Waals surface area contributed by atoms with Crippen LogP contribution in [0.5, 0.6) is 5.75 Å². The number of carboxylic acid groups (broad SMARTS) is 1. The van der Waals surface area contributed by atoms with Gasteiger partial charge >= 0.3 is 5.97 Å². The van der Waals surface area contributed by atoms with Crippen LogP contribution in [0.1, 0.15) is 10.4 Å². The molecule has 1 heterocycles. The molecular formula is C10H10N2O3. The quantitative estimate of drug-likeness (QED) is 0.803. The van der Waals surface area contributed by atoms with Crippen molar-refractivity contribution >= 4 is 16.9 Å². The summed E-state index contributed by atoms with van der Waals surface area (Å²) in [6.45, 7) is 0. The van der Waals surface area contributed by atoms with Crippen LogP contribution in [0.25, 0.3) is 10.9 Å². The van der Waals surface area contributed by atoms with Gasteiger partial charge in [0, 0.05) is 12.4 Å². The van der Waals surface area contributed by atoms with Gasteiger partial charge in [0.05, 0.1) is 24.4 Å². The van der Waals surface area contributed by atoms with E-state index in [1.807, 2.05) is 0 Å². The number of ether oxygens (including phenoxy) is 1. The van der Waals surface area contributed by atoms with Gasteiger partial charge in [0.1, 0.15) is 5.75 Å². The fourth-order valence-electron chi connectivity index (χ4n) is 1.58. The molecule has 0 aliphatic heterocycles. The summed E-state index contributed by atoms with van der Waals surface area (Å²) in [5.74, 6) is -0.463. The third-order valence-electron chi connectivity index (χ3n) is 2.27. The van der Waals surface area contributed by atoms with Gasteiger partial charge in [-0.1, -0.05) is 0 Å². The molecule has 0 saturated carbocycles. The molecule has 1 aromatic carbocycles. The molecule has 15 heavy (non-hydrogen) atoms. The van der Waals surface area contributed by atoms with E-state index in [0.29, 0.717) is 11.3 Å². The van der Waals surface area contributed by atoms with Crippen molar-refractivity contribution in [1.82, 2.24) is 9.78 Å². The van der Waals surface area contributed by atoms with Crippen LogP contribution in [0.4, 0.5) is 0 Å². The molecule has 5 heteroatoms. The standard InChI is InChI=1S/C10H10N2O3/c1-12-9-6(5-11-12)3-7(15-2)4-8(9)10(13)14/h3-5H,1-2H3,(H,13,14). The highest BCUT2D eigenvalue weighted by Crippen LogP contribution is 2.24. The van der Waals surface area contributed by atoms with E-state index in [4.69, 9.17) is 9.84 Å². The molecule has 2 aromatic rings. The summed E-state index contributed by atoms with van der Waals surface area (Å²) in [6, 6.07) is 3.25. The van der Waals surface area contributed by atoms with Crippen molar-refractivity contribution in [3.63, 3.8) is 0 Å². The molecule has 0 bridgehead atoms. The number of aryl methyl sites for hydroxylation is 1. The lowest BCUT2D eigenvalue weighted by molar-refractivity contribution is 0.0698. The van der Waals surface area contributed by atoms with Crippen LogP contribution in [0.3, 0.4) is 0 Å². The Morgan fingerprint density at radius 2 is 2.27 bits per heavy atom. The lowest BCUT2D eigenvalue weighted by Crippen LogP contribution is -2.02. The molecular weight excluding hydrogens is 196 g/mol. The van der Waals surface area contributed by atoms with Crippen LogP contribution in [-0.4, -0.2) is 28.0 Å². The molecule has 2 rings (SSSR count). The van der Waals surface area contributed by atoms with Crippen molar-refractivity contribution in [2.24, 2.45) is 7.05 Å². The molecule has 0 amide bonds. The molecule has 0 radical (unpaired) electrons.